The standard InChI is InChI=1S/C20H17ClN4O5S/c1-23-18(26)16(19(27)24(2)20(23)28)17(22-14-7-5-13(21)6-8-14)31-11-12-3-9-15(10-4-12)25(29)30/h3-10,26H,11H2,1-2H3. The largest absolute Gasteiger partial charge is 0.494 e. The maximum Gasteiger partial charge on any atom is 0.333 e. The van der Waals surface area contributed by atoms with E-state index in [1.807, 2.05) is 0 Å². The topological polar surface area (TPSA) is 120 Å². The highest BCUT2D eigenvalue weighted by Crippen LogP contribution is 2.26. The van der Waals surface area contributed by atoms with Crippen LogP contribution in [-0.4, -0.2) is 24.2 Å². The van der Waals surface area contributed by atoms with Gasteiger partial charge in [-0.3, -0.25) is 24.0 Å². The summed E-state index contributed by atoms with van der Waals surface area (Å²) in [6.45, 7) is 0. The van der Waals surface area contributed by atoms with Gasteiger partial charge >= 0.3 is 5.69 Å². The molecule has 3 aromatic rings. The van der Waals surface area contributed by atoms with Crippen LogP contribution in [0.2, 0.25) is 5.02 Å². The van der Waals surface area contributed by atoms with E-state index in [9.17, 15) is 24.8 Å². The van der Waals surface area contributed by atoms with Crippen molar-refractivity contribution in [3.05, 3.63) is 95.6 Å². The molecule has 0 radical (unpaired) electrons. The van der Waals surface area contributed by atoms with Crippen LogP contribution in [0.5, 0.6) is 5.88 Å². The van der Waals surface area contributed by atoms with E-state index in [2.05, 4.69) is 4.99 Å². The summed E-state index contributed by atoms with van der Waals surface area (Å²) in [5.74, 6) is -0.187. The van der Waals surface area contributed by atoms with Gasteiger partial charge in [-0.05, 0) is 29.8 Å². The van der Waals surface area contributed by atoms with Gasteiger partial charge in [-0.1, -0.05) is 23.7 Å². The molecule has 3 rings (SSSR count). The highest BCUT2D eigenvalue weighted by molar-refractivity contribution is 8.13. The van der Waals surface area contributed by atoms with Crippen LogP contribution in [0, 0.1) is 10.1 Å². The first-order chi connectivity index (χ1) is 14.7. The lowest BCUT2D eigenvalue weighted by atomic mass is 10.2. The zero-order chi connectivity index (χ0) is 22.7. The van der Waals surface area contributed by atoms with E-state index in [-0.39, 0.29) is 16.3 Å². The Hall–Kier alpha value is -3.37. The number of rotatable bonds is 5. The number of nitro groups is 1. The zero-order valence-corrected chi connectivity index (χ0v) is 18.1. The molecule has 0 bridgehead atoms. The average Bonchev–Trinajstić information content (AvgIpc) is 2.76. The predicted molar refractivity (Wildman–Crippen MR) is 121 cm³/mol. The fourth-order valence-corrected chi connectivity index (χ4v) is 3.79. The minimum absolute atomic E-state index is 0.0339. The summed E-state index contributed by atoms with van der Waals surface area (Å²) in [6.07, 6.45) is 0. The van der Waals surface area contributed by atoms with Crippen molar-refractivity contribution in [2.45, 2.75) is 5.75 Å². The first-order valence-electron chi connectivity index (χ1n) is 8.88. The monoisotopic (exact) mass is 460 g/mol. The molecular formula is C20H17ClN4O5S. The number of halogens is 1. The van der Waals surface area contributed by atoms with Gasteiger partial charge in [0.25, 0.3) is 11.2 Å². The van der Waals surface area contributed by atoms with E-state index in [0.29, 0.717) is 16.5 Å². The average molecular weight is 461 g/mol. The fourth-order valence-electron chi connectivity index (χ4n) is 2.68. The number of benzene rings is 2. The number of hydrogen-bond donors (Lipinski definition) is 1. The molecule has 1 heterocycles. The maximum atomic E-state index is 12.8. The van der Waals surface area contributed by atoms with Crippen LogP contribution in [0.1, 0.15) is 11.1 Å². The molecule has 0 saturated heterocycles. The third-order valence-electron chi connectivity index (χ3n) is 4.43. The minimum atomic E-state index is -0.690. The van der Waals surface area contributed by atoms with Crippen LogP contribution >= 0.6 is 23.4 Å². The van der Waals surface area contributed by atoms with Crippen LogP contribution in [0.25, 0.3) is 0 Å². The molecule has 1 aromatic heterocycles. The zero-order valence-electron chi connectivity index (χ0n) is 16.5. The van der Waals surface area contributed by atoms with E-state index >= 15 is 0 Å². The number of aromatic hydroxyl groups is 1. The molecule has 11 heteroatoms. The summed E-state index contributed by atoms with van der Waals surface area (Å²) in [5.41, 5.74) is -0.270. The Balaban J connectivity index is 2.06. The van der Waals surface area contributed by atoms with Gasteiger partial charge in [0.2, 0.25) is 5.88 Å². The van der Waals surface area contributed by atoms with Gasteiger partial charge in [0, 0.05) is 37.0 Å². The SMILES string of the molecule is Cn1c(O)c(C(=Nc2ccc(Cl)cc2)SCc2ccc([N+](=O)[O-])cc2)c(=O)n(C)c1=O. The minimum Gasteiger partial charge on any atom is -0.494 e. The second kappa shape index (κ2) is 9.19. The molecule has 0 saturated carbocycles. The van der Waals surface area contributed by atoms with Crippen molar-refractivity contribution in [3.8, 4) is 5.88 Å². The lowest BCUT2D eigenvalue weighted by molar-refractivity contribution is -0.384. The Morgan fingerprint density at radius 3 is 2.29 bits per heavy atom. The second-order valence-electron chi connectivity index (χ2n) is 6.51. The lowest BCUT2D eigenvalue weighted by Crippen LogP contribution is -2.39. The normalized spacial score (nSPS) is 11.5. The van der Waals surface area contributed by atoms with E-state index in [0.717, 1.165) is 26.5 Å². The molecule has 0 atom stereocenters. The van der Waals surface area contributed by atoms with Crippen molar-refractivity contribution in [2.75, 3.05) is 0 Å². The molecule has 0 aliphatic rings. The van der Waals surface area contributed by atoms with E-state index in [4.69, 9.17) is 11.6 Å². The van der Waals surface area contributed by atoms with Gasteiger partial charge < -0.3 is 5.11 Å². The quantitative estimate of drug-likeness (QED) is 0.270. The molecule has 0 fully saturated rings. The number of thioether (sulfide) groups is 1. The molecule has 0 aliphatic heterocycles. The number of aromatic nitrogens is 2. The Kier molecular flexibility index (Phi) is 6.62. The summed E-state index contributed by atoms with van der Waals surface area (Å²) in [5, 5.41) is 22.1. The van der Waals surface area contributed by atoms with Gasteiger partial charge in [0.1, 0.15) is 10.6 Å². The molecule has 0 unspecified atom stereocenters. The molecule has 31 heavy (non-hydrogen) atoms. The third kappa shape index (κ3) is 4.86. The van der Waals surface area contributed by atoms with Gasteiger partial charge in [0.15, 0.2) is 0 Å². The van der Waals surface area contributed by atoms with Crippen molar-refractivity contribution in [2.24, 2.45) is 19.1 Å². The molecule has 0 aliphatic carbocycles. The second-order valence-corrected chi connectivity index (χ2v) is 7.91. The summed E-state index contributed by atoms with van der Waals surface area (Å²) in [7, 11) is 2.66. The summed E-state index contributed by atoms with van der Waals surface area (Å²) in [6, 6.07) is 12.5. The van der Waals surface area contributed by atoms with Crippen LogP contribution in [0.3, 0.4) is 0 Å². The molecule has 2 aromatic carbocycles. The number of aliphatic imine (C=N–C) groups is 1. The van der Waals surface area contributed by atoms with Crippen molar-refractivity contribution in [1.29, 1.82) is 0 Å². The van der Waals surface area contributed by atoms with Crippen molar-refractivity contribution >= 4 is 39.8 Å². The maximum absolute atomic E-state index is 12.8. The smallest absolute Gasteiger partial charge is 0.333 e. The van der Waals surface area contributed by atoms with Gasteiger partial charge in [0.05, 0.1) is 10.6 Å². The van der Waals surface area contributed by atoms with Crippen LogP contribution in [0.15, 0.2) is 63.1 Å². The third-order valence-corrected chi connectivity index (χ3v) is 5.73. The summed E-state index contributed by atoms with van der Waals surface area (Å²) >= 11 is 7.07. The summed E-state index contributed by atoms with van der Waals surface area (Å²) in [4.78, 5) is 39.7. The molecular weight excluding hydrogens is 444 g/mol. The molecule has 9 nitrogen and oxygen atoms in total. The van der Waals surface area contributed by atoms with Gasteiger partial charge in [-0.15, -0.1) is 11.8 Å². The Morgan fingerprint density at radius 2 is 1.71 bits per heavy atom. The molecule has 0 spiro atoms. The first-order valence-corrected chi connectivity index (χ1v) is 10.2. The fraction of sp³-hybridized carbons (Fsp3) is 0.150. The van der Waals surface area contributed by atoms with E-state index in [1.54, 1.807) is 36.4 Å². The summed E-state index contributed by atoms with van der Waals surface area (Å²) < 4.78 is 1.85. The van der Waals surface area contributed by atoms with Gasteiger partial charge in [-0.25, -0.2) is 9.79 Å². The molecule has 160 valence electrons. The van der Waals surface area contributed by atoms with Gasteiger partial charge in [-0.2, -0.15) is 0 Å². The lowest BCUT2D eigenvalue weighted by Gasteiger charge is -2.12. The van der Waals surface area contributed by atoms with Crippen molar-refractivity contribution in [3.63, 3.8) is 0 Å². The molecule has 1 N–H and O–H groups in total. The number of hydrogen-bond acceptors (Lipinski definition) is 7. The predicted octanol–water partition coefficient (Wildman–Crippen LogP) is 3.36. The van der Waals surface area contributed by atoms with Crippen LogP contribution in [0.4, 0.5) is 11.4 Å². The number of non-ortho nitro benzene ring substituents is 1. The van der Waals surface area contributed by atoms with Crippen molar-refractivity contribution in [1.82, 2.24) is 9.13 Å². The Morgan fingerprint density at radius 1 is 1.10 bits per heavy atom. The Bertz CT molecular complexity index is 1280. The highest BCUT2D eigenvalue weighted by atomic mass is 35.5. The Labute approximate surface area is 185 Å². The number of nitrogens with zero attached hydrogens (tertiary/aromatic N) is 4. The van der Waals surface area contributed by atoms with E-state index < -0.39 is 22.1 Å². The van der Waals surface area contributed by atoms with Crippen molar-refractivity contribution < 1.29 is 10.0 Å². The molecule has 0 amide bonds. The van der Waals surface area contributed by atoms with E-state index in [1.165, 1.54) is 26.2 Å². The number of nitro benzene ring substituents is 1. The first kappa shape index (κ1) is 22.3. The highest BCUT2D eigenvalue weighted by Gasteiger charge is 2.21. The van der Waals surface area contributed by atoms with Crippen LogP contribution < -0.4 is 11.2 Å². The van der Waals surface area contributed by atoms with Crippen LogP contribution in [-0.2, 0) is 19.8 Å².